The van der Waals surface area contributed by atoms with Crippen molar-refractivity contribution in [2.45, 2.75) is 32.8 Å². The Kier molecular flexibility index (Phi) is 3.91. The van der Waals surface area contributed by atoms with Crippen molar-refractivity contribution in [2.75, 3.05) is 0 Å². The molecular weight excluding hydrogens is 314 g/mol. The van der Waals surface area contributed by atoms with E-state index in [1.54, 1.807) is 24.3 Å². The molecule has 1 heterocycles. The zero-order valence-electron chi connectivity index (χ0n) is 13.6. The van der Waals surface area contributed by atoms with Gasteiger partial charge in [-0.1, -0.05) is 6.07 Å². The fourth-order valence-electron chi connectivity index (χ4n) is 2.59. The highest BCUT2D eigenvalue weighted by molar-refractivity contribution is 5.83. The van der Waals surface area contributed by atoms with Crippen LogP contribution in [0.25, 0.3) is 22.2 Å². The number of imidazole rings is 1. The second-order valence-corrected chi connectivity index (χ2v) is 6.11. The number of fused-ring (bicyclic) bond motifs is 1. The highest BCUT2D eigenvalue weighted by Crippen LogP contribution is 2.37. The summed E-state index contributed by atoms with van der Waals surface area (Å²) < 4.78 is 33.2. The number of hydrogen-bond acceptors (Lipinski definition) is 2. The number of H-pyrrole nitrogens is 2. The maximum Gasteiger partial charge on any atom is 0.323 e. The van der Waals surface area contributed by atoms with Gasteiger partial charge in [-0.3, -0.25) is 0 Å². The lowest BCUT2D eigenvalue weighted by molar-refractivity contribution is 0.0174. The van der Waals surface area contributed by atoms with Gasteiger partial charge in [0.05, 0.1) is 17.1 Å². The molecule has 0 fully saturated rings. The summed E-state index contributed by atoms with van der Waals surface area (Å²) in [6.45, 7) is 4.61. The van der Waals surface area contributed by atoms with E-state index in [1.807, 2.05) is 13.8 Å². The smallest absolute Gasteiger partial charge is 0.323 e. The number of halogens is 2. The molecule has 6 heteroatoms. The molecule has 0 spiro atoms. The Hall–Kier alpha value is -2.63. The highest BCUT2D eigenvalue weighted by Gasteiger charge is 2.25. The van der Waals surface area contributed by atoms with Gasteiger partial charge >= 0.3 is 5.69 Å². The van der Waals surface area contributed by atoms with E-state index in [1.165, 1.54) is 12.1 Å². The van der Waals surface area contributed by atoms with E-state index in [4.69, 9.17) is 4.74 Å². The lowest BCUT2D eigenvalue weighted by Crippen LogP contribution is -2.10. The summed E-state index contributed by atoms with van der Waals surface area (Å²) in [4.78, 5) is 16.7. The first-order valence-electron chi connectivity index (χ1n) is 7.65. The molecule has 2 aromatic carbocycles. The monoisotopic (exact) mass is 332 g/mol. The molecule has 3 rings (SSSR count). The molecule has 0 radical (unpaired) electrons. The second kappa shape index (κ2) is 5.78. The third-order valence-electron chi connectivity index (χ3n) is 3.68. The lowest BCUT2D eigenvalue weighted by Gasteiger charge is -2.18. The van der Waals surface area contributed by atoms with Crippen molar-refractivity contribution in [3.05, 3.63) is 52.4 Å². The molecule has 0 aliphatic carbocycles. The van der Waals surface area contributed by atoms with Crippen molar-refractivity contribution >= 4 is 11.0 Å². The molecule has 0 atom stereocenters. The van der Waals surface area contributed by atoms with Crippen LogP contribution in [0, 0.1) is 0 Å². The van der Waals surface area contributed by atoms with Crippen LogP contribution in [0.1, 0.15) is 26.3 Å². The van der Waals surface area contributed by atoms with Gasteiger partial charge in [-0.2, -0.15) is 0 Å². The van der Waals surface area contributed by atoms with Gasteiger partial charge in [0.1, 0.15) is 5.75 Å². The van der Waals surface area contributed by atoms with Crippen LogP contribution in [0.5, 0.6) is 5.75 Å². The summed E-state index contributed by atoms with van der Waals surface area (Å²) in [5.41, 5.74) is 2.13. The number of ether oxygens (including phenoxy) is 1. The molecule has 0 amide bonds. The number of alkyl halides is 2. The van der Waals surface area contributed by atoms with Crippen molar-refractivity contribution in [2.24, 2.45) is 0 Å². The molecule has 0 bridgehead atoms. The minimum absolute atomic E-state index is 0.0868. The standard InChI is InChI=1S/C18H18F2N2O2/c1-10(2)24-16-7-5-12(18(3,19)20)9-13(16)11-4-6-14-15(8-11)22-17(23)21-14/h4-10H,1-3H3,(H2,21,22,23). The normalized spacial score (nSPS) is 12.1. The molecule has 0 saturated carbocycles. The Bertz CT molecular complexity index is 936. The van der Waals surface area contributed by atoms with Crippen molar-refractivity contribution in [1.29, 1.82) is 0 Å². The Morgan fingerprint density at radius 2 is 1.75 bits per heavy atom. The predicted molar refractivity (Wildman–Crippen MR) is 89.7 cm³/mol. The molecule has 0 saturated heterocycles. The van der Waals surface area contributed by atoms with E-state index in [0.29, 0.717) is 27.9 Å². The quantitative estimate of drug-likeness (QED) is 0.743. The van der Waals surface area contributed by atoms with Gasteiger partial charge in [0.2, 0.25) is 0 Å². The van der Waals surface area contributed by atoms with Crippen LogP contribution >= 0.6 is 0 Å². The van der Waals surface area contributed by atoms with E-state index >= 15 is 0 Å². The van der Waals surface area contributed by atoms with Crippen molar-refractivity contribution in [3.63, 3.8) is 0 Å². The van der Waals surface area contributed by atoms with Crippen molar-refractivity contribution in [3.8, 4) is 16.9 Å². The molecule has 0 aliphatic rings. The van der Waals surface area contributed by atoms with Gasteiger partial charge in [0.25, 0.3) is 5.92 Å². The Labute approximate surface area is 137 Å². The first kappa shape index (κ1) is 16.2. The van der Waals surface area contributed by atoms with Gasteiger partial charge in [-0.25, -0.2) is 13.6 Å². The zero-order chi connectivity index (χ0) is 17.5. The van der Waals surface area contributed by atoms with E-state index in [0.717, 1.165) is 6.92 Å². The van der Waals surface area contributed by atoms with Gasteiger partial charge in [0.15, 0.2) is 0 Å². The topological polar surface area (TPSA) is 57.9 Å². The van der Waals surface area contributed by atoms with Gasteiger partial charge in [-0.05, 0) is 49.7 Å². The molecule has 4 nitrogen and oxygen atoms in total. The van der Waals surface area contributed by atoms with Gasteiger partial charge in [-0.15, -0.1) is 0 Å². The van der Waals surface area contributed by atoms with Crippen LogP contribution in [0.4, 0.5) is 8.78 Å². The molecule has 24 heavy (non-hydrogen) atoms. The first-order valence-corrected chi connectivity index (χ1v) is 7.65. The molecule has 126 valence electrons. The molecule has 0 unspecified atom stereocenters. The Morgan fingerprint density at radius 1 is 1.04 bits per heavy atom. The SMILES string of the molecule is CC(C)Oc1ccc(C(C)(F)F)cc1-c1ccc2[nH]c(=O)[nH]c2c1. The van der Waals surface area contributed by atoms with Crippen LogP contribution in [-0.2, 0) is 5.92 Å². The molecule has 2 N–H and O–H groups in total. The maximum absolute atomic E-state index is 13.7. The van der Waals surface area contributed by atoms with E-state index in [9.17, 15) is 13.6 Å². The van der Waals surface area contributed by atoms with Gasteiger partial charge in [0, 0.05) is 18.1 Å². The minimum Gasteiger partial charge on any atom is -0.490 e. The van der Waals surface area contributed by atoms with Crippen LogP contribution in [0.3, 0.4) is 0 Å². The average Bonchev–Trinajstić information content (AvgIpc) is 2.85. The highest BCUT2D eigenvalue weighted by atomic mass is 19.3. The zero-order valence-corrected chi connectivity index (χ0v) is 13.6. The fraction of sp³-hybridized carbons (Fsp3) is 0.278. The van der Waals surface area contributed by atoms with E-state index in [-0.39, 0.29) is 17.4 Å². The summed E-state index contributed by atoms with van der Waals surface area (Å²) in [7, 11) is 0. The molecule has 3 aromatic rings. The number of rotatable bonds is 4. The van der Waals surface area contributed by atoms with Crippen LogP contribution in [-0.4, -0.2) is 16.1 Å². The molecular formula is C18H18F2N2O2. The summed E-state index contributed by atoms with van der Waals surface area (Å²) in [6.07, 6.45) is -0.0902. The summed E-state index contributed by atoms with van der Waals surface area (Å²) in [5.74, 6) is -2.42. The number of hydrogen-bond donors (Lipinski definition) is 2. The van der Waals surface area contributed by atoms with E-state index in [2.05, 4.69) is 9.97 Å². The van der Waals surface area contributed by atoms with Gasteiger partial charge < -0.3 is 14.7 Å². The fourth-order valence-corrected chi connectivity index (χ4v) is 2.59. The summed E-state index contributed by atoms with van der Waals surface area (Å²) in [6, 6.07) is 9.62. The maximum atomic E-state index is 13.7. The number of nitrogens with one attached hydrogen (secondary N) is 2. The van der Waals surface area contributed by atoms with Crippen molar-refractivity contribution in [1.82, 2.24) is 9.97 Å². The third kappa shape index (κ3) is 3.18. The minimum atomic E-state index is -2.95. The average molecular weight is 332 g/mol. The third-order valence-corrected chi connectivity index (χ3v) is 3.68. The van der Waals surface area contributed by atoms with Crippen molar-refractivity contribution < 1.29 is 13.5 Å². The molecule has 0 aliphatic heterocycles. The summed E-state index contributed by atoms with van der Waals surface area (Å²) in [5, 5.41) is 0. The Morgan fingerprint density at radius 3 is 2.42 bits per heavy atom. The predicted octanol–water partition coefficient (Wildman–Crippen LogP) is 4.42. The number of benzene rings is 2. The number of aromatic amines is 2. The van der Waals surface area contributed by atoms with E-state index < -0.39 is 5.92 Å². The number of aromatic nitrogens is 2. The van der Waals surface area contributed by atoms with Crippen LogP contribution in [0.2, 0.25) is 0 Å². The largest absolute Gasteiger partial charge is 0.490 e. The lowest BCUT2D eigenvalue weighted by atomic mass is 9.99. The second-order valence-electron chi connectivity index (χ2n) is 6.11. The first-order chi connectivity index (χ1) is 11.2. The molecule has 1 aromatic heterocycles. The Balaban J connectivity index is 2.18. The van der Waals surface area contributed by atoms with Crippen LogP contribution < -0.4 is 10.4 Å². The van der Waals surface area contributed by atoms with Crippen LogP contribution in [0.15, 0.2) is 41.2 Å². The summed E-state index contributed by atoms with van der Waals surface area (Å²) >= 11 is 0.